The van der Waals surface area contributed by atoms with E-state index < -0.39 is 15.8 Å². The second kappa shape index (κ2) is 5.39. The number of hydrogen-bond acceptors (Lipinski definition) is 4. The predicted octanol–water partition coefficient (Wildman–Crippen LogP) is 2.61. The summed E-state index contributed by atoms with van der Waals surface area (Å²) < 4.78 is 42.5. The van der Waals surface area contributed by atoms with Gasteiger partial charge >= 0.3 is 0 Å². The second-order valence-electron chi connectivity index (χ2n) is 3.93. The maximum Gasteiger partial charge on any atom is 0.241 e. The lowest BCUT2D eigenvalue weighted by Gasteiger charge is -2.11. The van der Waals surface area contributed by atoms with Crippen molar-refractivity contribution in [2.24, 2.45) is 5.14 Å². The zero-order valence-corrected chi connectivity index (χ0v) is 12.4. The molecule has 2 rings (SSSR count). The Morgan fingerprint density at radius 2 is 1.80 bits per heavy atom. The molecular formula is C12H10BrFN2O3S. The highest BCUT2D eigenvalue weighted by Crippen LogP contribution is 2.32. The minimum Gasteiger partial charge on any atom is -0.453 e. The van der Waals surface area contributed by atoms with Crippen molar-refractivity contribution in [1.82, 2.24) is 0 Å². The summed E-state index contributed by atoms with van der Waals surface area (Å²) in [6.45, 7) is 0. The number of sulfonamides is 1. The van der Waals surface area contributed by atoms with Crippen molar-refractivity contribution >= 4 is 31.6 Å². The van der Waals surface area contributed by atoms with Crippen molar-refractivity contribution in [3.8, 4) is 11.5 Å². The first-order valence-electron chi connectivity index (χ1n) is 5.32. The normalized spacial score (nSPS) is 11.3. The highest BCUT2D eigenvalue weighted by molar-refractivity contribution is 9.10. The maximum absolute atomic E-state index is 13.6. The van der Waals surface area contributed by atoms with E-state index in [-0.39, 0.29) is 22.1 Å². The number of nitrogen functional groups attached to an aromatic ring is 1. The van der Waals surface area contributed by atoms with E-state index in [9.17, 15) is 12.8 Å². The Labute approximate surface area is 123 Å². The van der Waals surface area contributed by atoms with Crippen LogP contribution in [0, 0.1) is 5.82 Å². The molecule has 8 heteroatoms. The SMILES string of the molecule is Nc1ccc(Oc2cc(Br)ccc2F)c(S(N)(=O)=O)c1. The molecule has 0 saturated carbocycles. The summed E-state index contributed by atoms with van der Waals surface area (Å²) in [5.74, 6) is -0.863. The maximum atomic E-state index is 13.6. The van der Waals surface area contributed by atoms with Crippen molar-refractivity contribution in [2.75, 3.05) is 5.73 Å². The standard InChI is InChI=1S/C12H10BrFN2O3S/c13-7-1-3-9(14)11(5-7)19-10-4-2-8(15)6-12(10)20(16,17)18/h1-6H,15H2,(H2,16,17,18). The average Bonchev–Trinajstić information content (AvgIpc) is 2.34. The number of benzene rings is 2. The van der Waals surface area contributed by atoms with Crippen LogP contribution in [0.1, 0.15) is 0 Å². The van der Waals surface area contributed by atoms with Gasteiger partial charge in [-0.05, 0) is 36.4 Å². The van der Waals surface area contributed by atoms with Crippen molar-refractivity contribution < 1.29 is 17.5 Å². The third kappa shape index (κ3) is 3.27. The van der Waals surface area contributed by atoms with Crippen molar-refractivity contribution in [3.05, 3.63) is 46.7 Å². The molecule has 2 aromatic carbocycles. The minimum atomic E-state index is -4.04. The van der Waals surface area contributed by atoms with Crippen LogP contribution in [0.5, 0.6) is 11.5 Å². The fourth-order valence-electron chi connectivity index (χ4n) is 1.51. The van der Waals surface area contributed by atoms with Gasteiger partial charge in [0.1, 0.15) is 10.6 Å². The number of hydrogen-bond donors (Lipinski definition) is 2. The predicted molar refractivity (Wildman–Crippen MR) is 76.4 cm³/mol. The lowest BCUT2D eigenvalue weighted by Crippen LogP contribution is -2.13. The molecule has 0 unspecified atom stereocenters. The summed E-state index contributed by atoms with van der Waals surface area (Å²) >= 11 is 3.17. The Morgan fingerprint density at radius 3 is 2.45 bits per heavy atom. The van der Waals surface area contributed by atoms with Crippen molar-refractivity contribution in [3.63, 3.8) is 0 Å². The van der Waals surface area contributed by atoms with Crippen LogP contribution < -0.4 is 15.6 Å². The molecule has 0 aliphatic heterocycles. The summed E-state index contributed by atoms with van der Waals surface area (Å²) in [6, 6.07) is 7.95. The van der Waals surface area contributed by atoms with Gasteiger partial charge in [-0.3, -0.25) is 0 Å². The van der Waals surface area contributed by atoms with Gasteiger partial charge in [-0.1, -0.05) is 15.9 Å². The zero-order valence-electron chi connectivity index (χ0n) is 10.0. The molecule has 0 amide bonds. The number of halogens is 2. The van der Waals surface area contributed by atoms with E-state index in [4.69, 9.17) is 15.6 Å². The molecule has 2 aromatic rings. The van der Waals surface area contributed by atoms with Gasteiger partial charge in [-0.15, -0.1) is 0 Å². The topological polar surface area (TPSA) is 95.4 Å². The van der Waals surface area contributed by atoms with Crippen LogP contribution >= 0.6 is 15.9 Å². The van der Waals surface area contributed by atoms with Crippen LogP contribution in [0.4, 0.5) is 10.1 Å². The third-order valence-electron chi connectivity index (χ3n) is 2.39. The van der Waals surface area contributed by atoms with E-state index in [1.54, 1.807) is 0 Å². The Bertz CT molecular complexity index is 765. The molecule has 0 spiro atoms. The molecule has 4 N–H and O–H groups in total. The fourth-order valence-corrected chi connectivity index (χ4v) is 2.54. The first kappa shape index (κ1) is 14.8. The van der Waals surface area contributed by atoms with Gasteiger partial charge < -0.3 is 10.5 Å². The van der Waals surface area contributed by atoms with Crippen LogP contribution in [0.2, 0.25) is 0 Å². The Kier molecular flexibility index (Phi) is 3.98. The quantitative estimate of drug-likeness (QED) is 0.822. The van der Waals surface area contributed by atoms with Crippen molar-refractivity contribution in [1.29, 1.82) is 0 Å². The molecule has 0 bridgehead atoms. The highest BCUT2D eigenvalue weighted by Gasteiger charge is 2.17. The summed E-state index contributed by atoms with van der Waals surface area (Å²) in [5, 5.41) is 5.08. The highest BCUT2D eigenvalue weighted by atomic mass is 79.9. The molecule has 0 aliphatic rings. The van der Waals surface area contributed by atoms with E-state index in [0.717, 1.165) is 6.07 Å². The molecule has 5 nitrogen and oxygen atoms in total. The van der Waals surface area contributed by atoms with Crippen LogP contribution in [-0.2, 0) is 10.0 Å². The monoisotopic (exact) mass is 360 g/mol. The zero-order chi connectivity index (χ0) is 14.9. The molecule has 0 radical (unpaired) electrons. The molecule has 0 saturated heterocycles. The number of rotatable bonds is 3. The van der Waals surface area contributed by atoms with Gasteiger partial charge in [0.2, 0.25) is 10.0 Å². The molecule has 0 aromatic heterocycles. The van der Waals surface area contributed by atoms with Gasteiger partial charge in [-0.2, -0.15) is 0 Å². The molecule has 0 heterocycles. The average molecular weight is 361 g/mol. The smallest absolute Gasteiger partial charge is 0.241 e. The Hall–Kier alpha value is -1.64. The van der Waals surface area contributed by atoms with Gasteiger partial charge in [-0.25, -0.2) is 17.9 Å². The van der Waals surface area contributed by atoms with Crippen LogP contribution in [0.3, 0.4) is 0 Å². The summed E-state index contributed by atoms with van der Waals surface area (Å²) in [4.78, 5) is -0.308. The summed E-state index contributed by atoms with van der Waals surface area (Å²) in [6.07, 6.45) is 0. The van der Waals surface area contributed by atoms with E-state index >= 15 is 0 Å². The van der Waals surface area contributed by atoms with Gasteiger partial charge in [0, 0.05) is 10.2 Å². The van der Waals surface area contributed by atoms with Crippen molar-refractivity contribution in [2.45, 2.75) is 4.90 Å². The lowest BCUT2D eigenvalue weighted by atomic mass is 10.3. The fraction of sp³-hybridized carbons (Fsp3) is 0. The first-order chi connectivity index (χ1) is 9.27. The molecule has 20 heavy (non-hydrogen) atoms. The Balaban J connectivity index is 2.52. The number of nitrogens with two attached hydrogens (primary N) is 2. The van der Waals surface area contributed by atoms with Crippen LogP contribution in [-0.4, -0.2) is 8.42 Å². The lowest BCUT2D eigenvalue weighted by molar-refractivity contribution is 0.431. The van der Waals surface area contributed by atoms with E-state index in [2.05, 4.69) is 15.9 Å². The molecule has 0 aliphatic carbocycles. The van der Waals surface area contributed by atoms with E-state index in [1.807, 2.05) is 0 Å². The van der Waals surface area contributed by atoms with Gasteiger partial charge in [0.05, 0.1) is 0 Å². The Morgan fingerprint density at radius 1 is 1.10 bits per heavy atom. The second-order valence-corrected chi connectivity index (χ2v) is 6.37. The summed E-state index contributed by atoms with van der Waals surface area (Å²) in [7, 11) is -4.04. The van der Waals surface area contributed by atoms with Gasteiger partial charge in [0.15, 0.2) is 11.6 Å². The molecular weight excluding hydrogens is 351 g/mol. The molecule has 0 fully saturated rings. The van der Waals surface area contributed by atoms with Gasteiger partial charge in [0.25, 0.3) is 0 Å². The van der Waals surface area contributed by atoms with Crippen LogP contribution in [0.25, 0.3) is 0 Å². The number of ether oxygens (including phenoxy) is 1. The van der Waals surface area contributed by atoms with E-state index in [1.165, 1.54) is 30.3 Å². The minimum absolute atomic E-state index is 0.0984. The first-order valence-corrected chi connectivity index (χ1v) is 7.66. The summed E-state index contributed by atoms with van der Waals surface area (Å²) in [5.41, 5.74) is 5.72. The third-order valence-corrected chi connectivity index (χ3v) is 3.81. The van der Waals surface area contributed by atoms with Crippen LogP contribution in [0.15, 0.2) is 45.8 Å². The molecule has 0 atom stereocenters. The number of primary sulfonamides is 1. The number of anilines is 1. The van der Waals surface area contributed by atoms with E-state index in [0.29, 0.717) is 4.47 Å². The molecule has 106 valence electrons. The largest absolute Gasteiger partial charge is 0.453 e.